The monoisotopic (exact) mass is 336 g/mol. The second-order valence-electron chi connectivity index (χ2n) is 6.97. The molecule has 0 unspecified atom stereocenters. The normalized spacial score (nSPS) is 21.7. The van der Waals surface area contributed by atoms with Gasteiger partial charge in [-0.25, -0.2) is 0 Å². The van der Waals surface area contributed by atoms with Gasteiger partial charge in [-0.3, -0.25) is 9.48 Å². The van der Waals surface area contributed by atoms with Gasteiger partial charge in [0, 0.05) is 32.5 Å². The van der Waals surface area contributed by atoms with Crippen molar-refractivity contribution < 1.29 is 14.3 Å². The second kappa shape index (κ2) is 8.09. The molecule has 2 aliphatic rings. The summed E-state index contributed by atoms with van der Waals surface area (Å²) in [5, 5.41) is 7.70. The van der Waals surface area contributed by atoms with E-state index in [2.05, 4.69) is 16.2 Å². The quantitative estimate of drug-likeness (QED) is 0.824. The van der Waals surface area contributed by atoms with Crippen molar-refractivity contribution in [2.24, 2.45) is 5.92 Å². The first-order valence-electron chi connectivity index (χ1n) is 8.79. The van der Waals surface area contributed by atoms with Crippen LogP contribution in [0.15, 0.2) is 6.20 Å². The Morgan fingerprint density at radius 1 is 1.38 bits per heavy atom. The minimum absolute atomic E-state index is 0.0114. The fraction of sp³-hybridized carbons (Fsp3) is 0.765. The van der Waals surface area contributed by atoms with Crippen LogP contribution in [-0.2, 0) is 27.2 Å². The number of likely N-dealkylation sites (N-methyl/N-ethyl adjacent to an activating group) is 1. The third-order valence-electron chi connectivity index (χ3n) is 4.60. The summed E-state index contributed by atoms with van der Waals surface area (Å²) in [6, 6.07) is 0. The molecule has 0 spiro atoms. The Labute approximate surface area is 143 Å². The zero-order valence-corrected chi connectivity index (χ0v) is 14.7. The predicted molar refractivity (Wildman–Crippen MR) is 89.7 cm³/mol. The Morgan fingerprint density at radius 2 is 2.17 bits per heavy atom. The molecule has 3 heterocycles. The van der Waals surface area contributed by atoms with Gasteiger partial charge in [-0.15, -0.1) is 0 Å². The fourth-order valence-corrected chi connectivity index (χ4v) is 3.32. The summed E-state index contributed by atoms with van der Waals surface area (Å²) >= 11 is 0. The van der Waals surface area contributed by atoms with Crippen LogP contribution in [0, 0.1) is 5.92 Å². The highest BCUT2D eigenvalue weighted by Gasteiger charge is 2.26. The Balaban J connectivity index is 1.59. The van der Waals surface area contributed by atoms with E-state index in [0.717, 1.165) is 44.7 Å². The van der Waals surface area contributed by atoms with Crippen LogP contribution >= 0.6 is 0 Å². The van der Waals surface area contributed by atoms with Gasteiger partial charge in [-0.1, -0.05) is 0 Å². The van der Waals surface area contributed by atoms with Crippen LogP contribution in [0.4, 0.5) is 0 Å². The maximum Gasteiger partial charge on any atom is 0.234 e. The van der Waals surface area contributed by atoms with E-state index >= 15 is 0 Å². The zero-order chi connectivity index (χ0) is 16.9. The molecule has 1 amide bonds. The Hall–Kier alpha value is -1.44. The van der Waals surface area contributed by atoms with E-state index < -0.39 is 0 Å². The topological polar surface area (TPSA) is 68.6 Å². The van der Waals surface area contributed by atoms with E-state index in [9.17, 15) is 4.79 Å². The lowest BCUT2D eigenvalue weighted by molar-refractivity contribution is -0.122. The summed E-state index contributed by atoms with van der Waals surface area (Å²) in [5.74, 6) is 0.650. The van der Waals surface area contributed by atoms with E-state index in [1.807, 2.05) is 19.0 Å². The van der Waals surface area contributed by atoms with Crippen LogP contribution in [0.3, 0.4) is 0 Å². The largest absolute Gasteiger partial charge is 0.381 e. The molecule has 2 aliphatic heterocycles. The van der Waals surface area contributed by atoms with Gasteiger partial charge in [-0.05, 0) is 44.8 Å². The lowest BCUT2D eigenvalue weighted by atomic mass is 10.0. The van der Waals surface area contributed by atoms with Crippen LogP contribution in [0.25, 0.3) is 0 Å². The van der Waals surface area contributed by atoms with Crippen molar-refractivity contribution in [2.45, 2.75) is 31.9 Å². The van der Waals surface area contributed by atoms with Gasteiger partial charge in [0.1, 0.15) is 6.10 Å². The van der Waals surface area contributed by atoms with Crippen LogP contribution in [-0.4, -0.2) is 67.6 Å². The molecule has 7 heteroatoms. The number of hydrogen-bond acceptors (Lipinski definition) is 5. The highest BCUT2D eigenvalue weighted by atomic mass is 16.5. The summed E-state index contributed by atoms with van der Waals surface area (Å²) in [4.78, 5) is 13.7. The molecule has 0 aromatic carbocycles. The molecule has 0 aliphatic carbocycles. The highest BCUT2D eigenvalue weighted by Crippen LogP contribution is 2.26. The molecule has 24 heavy (non-hydrogen) atoms. The van der Waals surface area contributed by atoms with E-state index in [1.165, 1.54) is 5.56 Å². The number of hydrogen-bond donors (Lipinski definition) is 1. The zero-order valence-electron chi connectivity index (χ0n) is 14.7. The standard InChI is InChI=1S/C17H28N4O3/c1-20(2)12-16(22)18-9-15-17-14(5-8-24-15)11-21(19-17)10-13-3-6-23-7-4-13/h11,13,15H,3-10,12H2,1-2H3,(H,18,22)/t15-/m1/s1. The van der Waals surface area contributed by atoms with Crippen LogP contribution in [0.5, 0.6) is 0 Å². The molecule has 1 N–H and O–H groups in total. The summed E-state index contributed by atoms with van der Waals surface area (Å²) in [7, 11) is 3.76. The van der Waals surface area contributed by atoms with Crippen molar-refractivity contribution in [3.63, 3.8) is 0 Å². The first kappa shape index (κ1) is 17.4. The van der Waals surface area contributed by atoms with Crippen molar-refractivity contribution in [3.8, 4) is 0 Å². The van der Waals surface area contributed by atoms with Gasteiger partial charge in [0.05, 0.1) is 18.8 Å². The molecule has 0 radical (unpaired) electrons. The molecule has 0 bridgehead atoms. The number of carbonyl (C=O) groups excluding carboxylic acids is 1. The number of fused-ring (bicyclic) bond motifs is 1. The maximum absolute atomic E-state index is 11.8. The van der Waals surface area contributed by atoms with Crippen molar-refractivity contribution in [1.29, 1.82) is 0 Å². The number of ether oxygens (including phenoxy) is 2. The molecule has 1 aromatic heterocycles. The van der Waals surface area contributed by atoms with E-state index in [1.54, 1.807) is 0 Å². The molecule has 134 valence electrons. The Bertz CT molecular complexity index is 552. The molecule has 1 aromatic rings. The summed E-state index contributed by atoms with van der Waals surface area (Å²) in [6.45, 7) is 4.20. The van der Waals surface area contributed by atoms with Gasteiger partial charge < -0.3 is 19.7 Å². The minimum Gasteiger partial charge on any atom is -0.381 e. The fourth-order valence-electron chi connectivity index (χ4n) is 3.32. The van der Waals surface area contributed by atoms with E-state index in [4.69, 9.17) is 14.6 Å². The van der Waals surface area contributed by atoms with E-state index in [0.29, 0.717) is 25.6 Å². The molecular formula is C17H28N4O3. The number of amides is 1. The highest BCUT2D eigenvalue weighted by molar-refractivity contribution is 5.77. The van der Waals surface area contributed by atoms with Crippen molar-refractivity contribution >= 4 is 5.91 Å². The van der Waals surface area contributed by atoms with Crippen molar-refractivity contribution in [2.75, 3.05) is 47.0 Å². The Kier molecular flexibility index (Phi) is 5.86. The summed E-state index contributed by atoms with van der Waals surface area (Å²) in [5.41, 5.74) is 2.23. The van der Waals surface area contributed by atoms with Crippen LogP contribution in [0.1, 0.15) is 30.2 Å². The van der Waals surface area contributed by atoms with Gasteiger partial charge >= 0.3 is 0 Å². The number of rotatable bonds is 6. The van der Waals surface area contributed by atoms with Gasteiger partial charge in [0.15, 0.2) is 0 Å². The third-order valence-corrected chi connectivity index (χ3v) is 4.60. The Morgan fingerprint density at radius 3 is 2.92 bits per heavy atom. The molecule has 1 atom stereocenters. The predicted octanol–water partition coefficient (Wildman–Crippen LogP) is 0.601. The third kappa shape index (κ3) is 4.55. The lowest BCUT2D eigenvalue weighted by Crippen LogP contribution is -2.37. The number of nitrogens with one attached hydrogen (secondary N) is 1. The first-order chi connectivity index (χ1) is 11.6. The average molecular weight is 336 g/mol. The van der Waals surface area contributed by atoms with Crippen LogP contribution in [0.2, 0.25) is 0 Å². The molecule has 1 fully saturated rings. The molecule has 7 nitrogen and oxygen atoms in total. The first-order valence-corrected chi connectivity index (χ1v) is 8.79. The second-order valence-corrected chi connectivity index (χ2v) is 6.97. The van der Waals surface area contributed by atoms with Crippen LogP contribution < -0.4 is 5.32 Å². The molecule has 0 saturated carbocycles. The number of carbonyl (C=O) groups is 1. The van der Waals surface area contributed by atoms with Gasteiger partial charge in [0.25, 0.3) is 0 Å². The lowest BCUT2D eigenvalue weighted by Gasteiger charge is -2.23. The number of aromatic nitrogens is 2. The van der Waals surface area contributed by atoms with Gasteiger partial charge in [-0.2, -0.15) is 5.10 Å². The average Bonchev–Trinajstić information content (AvgIpc) is 2.96. The van der Waals surface area contributed by atoms with Gasteiger partial charge in [0.2, 0.25) is 5.91 Å². The van der Waals surface area contributed by atoms with Crippen molar-refractivity contribution in [1.82, 2.24) is 20.0 Å². The smallest absolute Gasteiger partial charge is 0.234 e. The maximum atomic E-state index is 11.8. The van der Waals surface area contributed by atoms with E-state index in [-0.39, 0.29) is 12.0 Å². The minimum atomic E-state index is -0.143. The SMILES string of the molecule is CN(C)CC(=O)NC[C@H]1OCCc2cn(CC3CCOCC3)nc21. The summed E-state index contributed by atoms with van der Waals surface area (Å²) < 4.78 is 13.3. The molecule has 1 saturated heterocycles. The summed E-state index contributed by atoms with van der Waals surface area (Å²) in [6.07, 6.45) is 5.11. The molecular weight excluding hydrogens is 308 g/mol. The van der Waals surface area contributed by atoms with Crippen molar-refractivity contribution in [3.05, 3.63) is 17.5 Å². The number of nitrogens with zero attached hydrogens (tertiary/aromatic N) is 3. The molecule has 3 rings (SSSR count).